The van der Waals surface area contributed by atoms with Crippen molar-refractivity contribution >= 4 is 38.9 Å². The molecule has 18 heavy (non-hydrogen) atoms. The van der Waals surface area contributed by atoms with E-state index in [0.717, 1.165) is 25.6 Å². The minimum atomic E-state index is -0.00937. The summed E-state index contributed by atoms with van der Waals surface area (Å²) in [5.41, 5.74) is 4.87. The lowest BCUT2D eigenvalue weighted by atomic mass is 10.1. The fourth-order valence-electron chi connectivity index (χ4n) is 1.65. The number of nitrogens with zero attached hydrogens (tertiary/aromatic N) is 1. The highest BCUT2D eigenvalue weighted by Gasteiger charge is 2.17. The molecule has 3 nitrogen and oxygen atoms in total. The molecule has 0 spiro atoms. The van der Waals surface area contributed by atoms with Crippen LogP contribution in [0.25, 0.3) is 0 Å². The van der Waals surface area contributed by atoms with Gasteiger partial charge in [-0.15, -0.1) is 11.3 Å². The Balaban J connectivity index is 2.19. The molecule has 0 saturated carbocycles. The number of hydrogen-bond donors (Lipinski definition) is 2. The van der Waals surface area contributed by atoms with Crippen molar-refractivity contribution in [2.45, 2.75) is 19.4 Å². The highest BCUT2D eigenvalue weighted by atomic mass is 79.9. The van der Waals surface area contributed by atoms with Gasteiger partial charge in [0.05, 0.1) is 11.1 Å². The van der Waals surface area contributed by atoms with E-state index in [0.29, 0.717) is 6.42 Å². The van der Waals surface area contributed by atoms with Crippen molar-refractivity contribution in [3.63, 3.8) is 0 Å². The van der Waals surface area contributed by atoms with E-state index in [1.165, 1.54) is 0 Å². The van der Waals surface area contributed by atoms with Crippen molar-refractivity contribution < 1.29 is 0 Å². The number of hydrogen-bond acceptors (Lipinski definition) is 4. The van der Waals surface area contributed by atoms with E-state index >= 15 is 0 Å². The van der Waals surface area contributed by atoms with Crippen LogP contribution in [0.2, 0.25) is 5.02 Å². The molecule has 96 valence electrons. The monoisotopic (exact) mass is 345 g/mol. The highest BCUT2D eigenvalue weighted by Crippen LogP contribution is 2.33. The smallest absolute Gasteiger partial charge is 0.0623 e. The molecule has 0 aliphatic heterocycles. The summed E-state index contributed by atoms with van der Waals surface area (Å²) in [5.74, 6) is 5.62. The molecule has 6 heteroatoms. The molecule has 2 aromatic rings. The summed E-state index contributed by atoms with van der Waals surface area (Å²) >= 11 is 11.2. The van der Waals surface area contributed by atoms with E-state index in [2.05, 4.69) is 26.3 Å². The van der Waals surface area contributed by atoms with Gasteiger partial charge in [-0.05, 0) is 45.9 Å². The van der Waals surface area contributed by atoms with Gasteiger partial charge >= 0.3 is 0 Å². The van der Waals surface area contributed by atoms with Gasteiger partial charge in [-0.2, -0.15) is 0 Å². The largest absolute Gasteiger partial charge is 0.271 e. The number of thiophene rings is 1. The van der Waals surface area contributed by atoms with E-state index in [1.54, 1.807) is 17.5 Å². The number of nitrogens with one attached hydrogen (secondary N) is 1. The van der Waals surface area contributed by atoms with Gasteiger partial charge in [-0.1, -0.05) is 11.6 Å². The third-order valence-corrected chi connectivity index (χ3v) is 4.94. The maximum Gasteiger partial charge on any atom is 0.0623 e. The number of rotatable bonds is 4. The Morgan fingerprint density at radius 2 is 2.33 bits per heavy atom. The first-order chi connectivity index (χ1) is 8.61. The van der Waals surface area contributed by atoms with Gasteiger partial charge in [-0.25, -0.2) is 0 Å². The van der Waals surface area contributed by atoms with Crippen molar-refractivity contribution in [2.75, 3.05) is 0 Å². The van der Waals surface area contributed by atoms with Gasteiger partial charge < -0.3 is 0 Å². The average molecular weight is 347 g/mol. The van der Waals surface area contributed by atoms with Crippen LogP contribution in [0, 0.1) is 6.92 Å². The molecule has 2 heterocycles. The average Bonchev–Trinajstić information content (AvgIpc) is 2.70. The number of aromatic nitrogens is 1. The molecule has 0 saturated heterocycles. The molecule has 0 aromatic carbocycles. The van der Waals surface area contributed by atoms with Gasteiger partial charge in [0.25, 0.3) is 0 Å². The summed E-state index contributed by atoms with van der Waals surface area (Å²) in [7, 11) is 0. The van der Waals surface area contributed by atoms with E-state index < -0.39 is 0 Å². The Bertz CT molecular complexity index is 527. The molecule has 2 aromatic heterocycles. The summed E-state index contributed by atoms with van der Waals surface area (Å²) in [5, 5.41) is 2.83. The Labute approximate surface area is 123 Å². The predicted molar refractivity (Wildman–Crippen MR) is 79.8 cm³/mol. The summed E-state index contributed by atoms with van der Waals surface area (Å²) in [6.45, 7) is 1.99. The standard InChI is InChI=1S/C12H13BrClN3S/c1-7-6-18-12(11(7)14)10(17-15)4-9-3-2-8(13)5-16-9/h2-3,5-6,10,17H,4,15H2,1H3. The van der Waals surface area contributed by atoms with Crippen LogP contribution in [0.1, 0.15) is 22.2 Å². The number of aryl methyl sites for hydroxylation is 1. The minimum Gasteiger partial charge on any atom is -0.271 e. The Morgan fingerprint density at radius 1 is 1.56 bits per heavy atom. The van der Waals surface area contributed by atoms with Gasteiger partial charge in [0.1, 0.15) is 0 Å². The van der Waals surface area contributed by atoms with Gasteiger partial charge in [0.2, 0.25) is 0 Å². The van der Waals surface area contributed by atoms with Crippen molar-refractivity contribution in [1.29, 1.82) is 0 Å². The molecule has 2 rings (SSSR count). The van der Waals surface area contributed by atoms with Crippen molar-refractivity contribution in [3.8, 4) is 0 Å². The van der Waals surface area contributed by atoms with Gasteiger partial charge in [0, 0.05) is 27.7 Å². The summed E-state index contributed by atoms with van der Waals surface area (Å²) in [6, 6.07) is 3.94. The lowest BCUT2D eigenvalue weighted by Gasteiger charge is -2.14. The van der Waals surface area contributed by atoms with E-state index in [9.17, 15) is 0 Å². The predicted octanol–water partition coefficient (Wildman–Crippen LogP) is 3.61. The van der Waals surface area contributed by atoms with E-state index in [1.807, 2.05) is 24.4 Å². The third kappa shape index (κ3) is 3.10. The fraction of sp³-hybridized carbons (Fsp3) is 0.250. The maximum atomic E-state index is 6.26. The van der Waals surface area contributed by atoms with Crippen LogP contribution in [0.4, 0.5) is 0 Å². The molecule has 3 N–H and O–H groups in total. The molecular formula is C12H13BrClN3S. The topological polar surface area (TPSA) is 50.9 Å². The van der Waals surface area contributed by atoms with Crippen molar-refractivity contribution in [1.82, 2.24) is 10.4 Å². The lowest BCUT2D eigenvalue weighted by molar-refractivity contribution is 0.554. The zero-order valence-electron chi connectivity index (χ0n) is 9.78. The maximum absolute atomic E-state index is 6.26. The molecule has 0 bridgehead atoms. The molecule has 1 atom stereocenters. The van der Waals surface area contributed by atoms with Crippen LogP contribution < -0.4 is 11.3 Å². The first kappa shape index (κ1) is 14.0. The van der Waals surface area contributed by atoms with Gasteiger partial charge in [-0.3, -0.25) is 16.3 Å². The Kier molecular flexibility index (Phi) is 4.75. The normalized spacial score (nSPS) is 12.7. The third-order valence-electron chi connectivity index (χ3n) is 2.64. The Morgan fingerprint density at radius 3 is 2.83 bits per heavy atom. The first-order valence-electron chi connectivity index (χ1n) is 5.42. The molecule has 0 amide bonds. The summed E-state index contributed by atoms with van der Waals surface area (Å²) in [6.07, 6.45) is 2.49. The molecule has 0 aliphatic carbocycles. The van der Waals surface area contributed by atoms with Gasteiger partial charge in [0.15, 0.2) is 0 Å². The second-order valence-corrected chi connectivity index (χ2v) is 6.19. The van der Waals surface area contributed by atoms with E-state index in [4.69, 9.17) is 17.4 Å². The number of halogens is 2. The second-order valence-electron chi connectivity index (χ2n) is 3.99. The molecular weight excluding hydrogens is 334 g/mol. The lowest BCUT2D eigenvalue weighted by Crippen LogP contribution is -2.29. The Hall–Kier alpha value is -0.460. The summed E-state index contributed by atoms with van der Waals surface area (Å²) in [4.78, 5) is 5.40. The van der Waals surface area contributed by atoms with Crippen LogP contribution in [-0.2, 0) is 6.42 Å². The SMILES string of the molecule is Cc1csc(C(Cc2ccc(Br)cn2)NN)c1Cl. The molecule has 0 fully saturated rings. The number of nitrogens with two attached hydrogens (primary N) is 1. The second kappa shape index (κ2) is 6.12. The van der Waals surface area contributed by atoms with Crippen LogP contribution >= 0.6 is 38.9 Å². The van der Waals surface area contributed by atoms with Crippen LogP contribution in [0.3, 0.4) is 0 Å². The summed E-state index contributed by atoms with van der Waals surface area (Å²) < 4.78 is 0.966. The highest BCUT2D eigenvalue weighted by molar-refractivity contribution is 9.10. The van der Waals surface area contributed by atoms with Crippen LogP contribution in [0.5, 0.6) is 0 Å². The molecule has 0 radical (unpaired) electrons. The van der Waals surface area contributed by atoms with Crippen molar-refractivity contribution in [2.24, 2.45) is 5.84 Å². The van der Waals surface area contributed by atoms with Crippen LogP contribution in [0.15, 0.2) is 28.2 Å². The zero-order valence-corrected chi connectivity index (χ0v) is 12.9. The first-order valence-corrected chi connectivity index (χ1v) is 7.47. The minimum absolute atomic E-state index is 0.00937. The number of pyridine rings is 1. The van der Waals surface area contributed by atoms with Crippen molar-refractivity contribution in [3.05, 3.63) is 49.3 Å². The molecule has 0 aliphatic rings. The van der Waals surface area contributed by atoms with Crippen LogP contribution in [-0.4, -0.2) is 4.98 Å². The number of hydrazine groups is 1. The zero-order chi connectivity index (χ0) is 13.1. The quantitative estimate of drug-likeness (QED) is 0.657. The van der Waals surface area contributed by atoms with E-state index in [-0.39, 0.29) is 6.04 Å². The molecule has 1 unspecified atom stereocenters. The fourth-order valence-corrected chi connectivity index (χ4v) is 3.27.